The van der Waals surface area contributed by atoms with Gasteiger partial charge in [-0.25, -0.2) is 0 Å². The van der Waals surface area contributed by atoms with Crippen molar-refractivity contribution in [1.82, 2.24) is 10.6 Å². The Morgan fingerprint density at radius 1 is 0.885 bits per heavy atom. The molecule has 0 aliphatic rings. The Morgan fingerprint density at radius 3 is 2.27 bits per heavy atom. The number of amides is 2. The summed E-state index contributed by atoms with van der Waals surface area (Å²) in [6.07, 6.45) is 0.909. The summed E-state index contributed by atoms with van der Waals surface area (Å²) < 4.78 is 5.52. The molecule has 0 radical (unpaired) electrons. The zero-order valence-electron chi connectivity index (χ0n) is 14.1. The lowest BCUT2D eigenvalue weighted by molar-refractivity contribution is -0.121. The van der Waals surface area contributed by atoms with E-state index in [2.05, 4.69) is 10.6 Å². The summed E-state index contributed by atoms with van der Waals surface area (Å²) in [4.78, 5) is 23.7. The number of benzene rings is 2. The molecule has 0 spiro atoms. The molecule has 0 atom stereocenters. The van der Waals surface area contributed by atoms with Crippen LogP contribution in [0.15, 0.2) is 48.5 Å². The van der Waals surface area contributed by atoms with Crippen LogP contribution in [0.25, 0.3) is 0 Å². The van der Waals surface area contributed by atoms with Gasteiger partial charge in [0.2, 0.25) is 5.91 Å². The van der Waals surface area contributed by atoms with E-state index in [-0.39, 0.29) is 11.8 Å². The third kappa shape index (κ3) is 6.58. The Balaban J connectivity index is 1.57. The summed E-state index contributed by atoms with van der Waals surface area (Å²) in [5.41, 5.74) is 0.414. The topological polar surface area (TPSA) is 67.4 Å². The van der Waals surface area contributed by atoms with Crippen LogP contribution in [0.4, 0.5) is 0 Å². The molecule has 7 heteroatoms. The number of carbonyl (C=O) groups is 2. The number of carbonyl (C=O) groups excluding carboxylic acids is 2. The Bertz CT molecular complexity index is 753. The van der Waals surface area contributed by atoms with Crippen molar-refractivity contribution in [1.29, 1.82) is 0 Å². The van der Waals surface area contributed by atoms with Crippen LogP contribution in [0.1, 0.15) is 23.2 Å². The highest BCUT2D eigenvalue weighted by Crippen LogP contribution is 2.23. The zero-order valence-corrected chi connectivity index (χ0v) is 15.6. The first-order valence-electron chi connectivity index (χ1n) is 8.24. The maximum atomic E-state index is 11.9. The lowest BCUT2D eigenvalue weighted by Crippen LogP contribution is -2.34. The third-order valence-electron chi connectivity index (χ3n) is 3.49. The van der Waals surface area contributed by atoms with Crippen LogP contribution in [-0.4, -0.2) is 31.5 Å². The predicted molar refractivity (Wildman–Crippen MR) is 103 cm³/mol. The van der Waals surface area contributed by atoms with Crippen molar-refractivity contribution in [3.63, 3.8) is 0 Å². The van der Waals surface area contributed by atoms with Crippen LogP contribution in [0, 0.1) is 0 Å². The first kappa shape index (κ1) is 20.1. The summed E-state index contributed by atoms with van der Waals surface area (Å²) in [6, 6.07) is 14.0. The van der Waals surface area contributed by atoms with E-state index in [4.69, 9.17) is 27.9 Å². The van der Waals surface area contributed by atoms with Crippen LogP contribution in [0.2, 0.25) is 10.0 Å². The standard InChI is InChI=1S/C19H20Cl2N2O3/c20-15-7-2-1-6-14(15)19(25)23-12-11-22-18(24)10-5-13-26-17-9-4-3-8-16(17)21/h1-4,6-9H,5,10-13H2,(H,22,24)(H,23,25). The lowest BCUT2D eigenvalue weighted by Gasteiger charge is -2.09. The molecule has 0 aromatic heterocycles. The minimum atomic E-state index is -0.266. The average Bonchev–Trinajstić information content (AvgIpc) is 2.64. The fraction of sp³-hybridized carbons (Fsp3) is 0.263. The molecule has 2 rings (SSSR count). The highest BCUT2D eigenvalue weighted by molar-refractivity contribution is 6.33. The van der Waals surface area contributed by atoms with Crippen molar-refractivity contribution in [2.24, 2.45) is 0 Å². The van der Waals surface area contributed by atoms with E-state index in [9.17, 15) is 9.59 Å². The maximum Gasteiger partial charge on any atom is 0.252 e. The SMILES string of the molecule is O=C(CCCOc1ccccc1Cl)NCCNC(=O)c1ccccc1Cl. The van der Waals surface area contributed by atoms with E-state index in [0.29, 0.717) is 53.9 Å². The van der Waals surface area contributed by atoms with Crippen LogP contribution < -0.4 is 15.4 Å². The monoisotopic (exact) mass is 394 g/mol. The van der Waals surface area contributed by atoms with Gasteiger partial charge in [0.05, 0.1) is 22.2 Å². The molecular weight excluding hydrogens is 375 g/mol. The van der Waals surface area contributed by atoms with Crippen molar-refractivity contribution in [2.75, 3.05) is 19.7 Å². The molecule has 2 aromatic rings. The molecule has 2 amide bonds. The van der Waals surface area contributed by atoms with E-state index in [1.807, 2.05) is 12.1 Å². The summed E-state index contributed by atoms with van der Waals surface area (Å²) in [5.74, 6) is 0.245. The highest BCUT2D eigenvalue weighted by Gasteiger charge is 2.08. The Hall–Kier alpha value is -2.24. The van der Waals surface area contributed by atoms with Gasteiger partial charge in [0.25, 0.3) is 5.91 Å². The smallest absolute Gasteiger partial charge is 0.252 e. The van der Waals surface area contributed by atoms with Crippen molar-refractivity contribution >= 4 is 35.0 Å². The van der Waals surface area contributed by atoms with Gasteiger partial charge >= 0.3 is 0 Å². The van der Waals surface area contributed by atoms with Gasteiger partial charge in [-0.2, -0.15) is 0 Å². The summed E-state index contributed by atoms with van der Waals surface area (Å²) >= 11 is 11.9. The van der Waals surface area contributed by atoms with E-state index in [1.165, 1.54) is 0 Å². The molecule has 0 aliphatic carbocycles. The summed E-state index contributed by atoms with van der Waals surface area (Å²) in [7, 11) is 0. The van der Waals surface area contributed by atoms with Crippen molar-refractivity contribution in [3.05, 3.63) is 64.1 Å². The van der Waals surface area contributed by atoms with Crippen LogP contribution in [0.3, 0.4) is 0 Å². The minimum absolute atomic E-state index is 0.0975. The first-order chi connectivity index (χ1) is 12.6. The van der Waals surface area contributed by atoms with Gasteiger partial charge in [-0.1, -0.05) is 47.5 Å². The van der Waals surface area contributed by atoms with Crippen molar-refractivity contribution < 1.29 is 14.3 Å². The number of para-hydroxylation sites is 1. The molecule has 0 saturated carbocycles. The molecule has 0 saturated heterocycles. The molecule has 0 bridgehead atoms. The fourth-order valence-corrected chi connectivity index (χ4v) is 2.60. The summed E-state index contributed by atoms with van der Waals surface area (Å²) in [6.45, 7) is 1.08. The molecule has 138 valence electrons. The van der Waals surface area contributed by atoms with Crippen LogP contribution >= 0.6 is 23.2 Å². The molecular formula is C19H20Cl2N2O3. The molecule has 5 nitrogen and oxygen atoms in total. The van der Waals surface area contributed by atoms with Gasteiger partial charge in [-0.3, -0.25) is 9.59 Å². The Labute approximate surface area is 162 Å². The number of halogens is 2. The number of hydrogen-bond acceptors (Lipinski definition) is 3. The van der Waals surface area contributed by atoms with E-state index in [0.717, 1.165) is 0 Å². The maximum absolute atomic E-state index is 11.9. The van der Waals surface area contributed by atoms with Gasteiger partial charge in [0.15, 0.2) is 0 Å². The second-order valence-electron chi connectivity index (χ2n) is 5.47. The number of nitrogens with one attached hydrogen (secondary N) is 2. The molecule has 0 aliphatic heterocycles. The Kier molecular flexibility index (Phi) is 8.25. The molecule has 0 heterocycles. The van der Waals surface area contributed by atoms with E-state index in [1.54, 1.807) is 36.4 Å². The number of hydrogen-bond donors (Lipinski definition) is 2. The quantitative estimate of drug-likeness (QED) is 0.637. The lowest BCUT2D eigenvalue weighted by atomic mass is 10.2. The molecule has 26 heavy (non-hydrogen) atoms. The zero-order chi connectivity index (χ0) is 18.8. The number of ether oxygens (including phenoxy) is 1. The largest absolute Gasteiger partial charge is 0.492 e. The normalized spacial score (nSPS) is 10.2. The second-order valence-corrected chi connectivity index (χ2v) is 6.28. The third-order valence-corrected chi connectivity index (χ3v) is 4.14. The molecule has 0 fully saturated rings. The molecule has 2 N–H and O–H groups in total. The number of rotatable bonds is 9. The minimum Gasteiger partial charge on any atom is -0.492 e. The van der Waals surface area contributed by atoms with Crippen molar-refractivity contribution in [3.8, 4) is 5.75 Å². The predicted octanol–water partition coefficient (Wildman–Crippen LogP) is 3.70. The van der Waals surface area contributed by atoms with Gasteiger partial charge in [-0.15, -0.1) is 0 Å². The Morgan fingerprint density at radius 2 is 1.54 bits per heavy atom. The van der Waals surface area contributed by atoms with Gasteiger partial charge in [0, 0.05) is 19.5 Å². The van der Waals surface area contributed by atoms with E-state index < -0.39 is 0 Å². The van der Waals surface area contributed by atoms with Crippen LogP contribution in [0.5, 0.6) is 5.75 Å². The fourth-order valence-electron chi connectivity index (χ4n) is 2.18. The highest BCUT2D eigenvalue weighted by atomic mass is 35.5. The van der Waals surface area contributed by atoms with Gasteiger partial charge < -0.3 is 15.4 Å². The van der Waals surface area contributed by atoms with E-state index >= 15 is 0 Å². The second kappa shape index (κ2) is 10.7. The van der Waals surface area contributed by atoms with Gasteiger partial charge in [-0.05, 0) is 30.7 Å². The first-order valence-corrected chi connectivity index (χ1v) is 9.00. The average molecular weight is 395 g/mol. The molecule has 0 unspecified atom stereocenters. The van der Waals surface area contributed by atoms with Crippen molar-refractivity contribution in [2.45, 2.75) is 12.8 Å². The molecule has 2 aromatic carbocycles. The van der Waals surface area contributed by atoms with Crippen LogP contribution in [-0.2, 0) is 4.79 Å². The van der Waals surface area contributed by atoms with Gasteiger partial charge in [0.1, 0.15) is 5.75 Å². The summed E-state index contributed by atoms with van der Waals surface area (Å²) in [5, 5.41) is 6.40.